The van der Waals surface area contributed by atoms with Crippen molar-refractivity contribution in [2.75, 3.05) is 6.54 Å². The van der Waals surface area contributed by atoms with Gasteiger partial charge in [0, 0.05) is 5.54 Å². The van der Waals surface area contributed by atoms with Crippen molar-refractivity contribution in [3.63, 3.8) is 0 Å². The van der Waals surface area contributed by atoms with Crippen LogP contribution in [0.25, 0.3) is 0 Å². The quantitative estimate of drug-likeness (QED) is 0.630. The van der Waals surface area contributed by atoms with E-state index in [0.717, 1.165) is 5.92 Å². The standard InChI is InChI=1S/C9H17N/c1-2-3-5-9-7-8(9)4-6-10-9/h8,10H,2-7H2,1H3. The molecule has 10 heavy (non-hydrogen) atoms. The predicted octanol–water partition coefficient (Wildman–Crippen LogP) is 1.93. The highest BCUT2D eigenvalue weighted by Crippen LogP contribution is 2.52. The van der Waals surface area contributed by atoms with E-state index >= 15 is 0 Å². The molecule has 1 heterocycles. The summed E-state index contributed by atoms with van der Waals surface area (Å²) in [5.74, 6) is 1.07. The van der Waals surface area contributed by atoms with Gasteiger partial charge < -0.3 is 5.32 Å². The molecule has 2 fully saturated rings. The topological polar surface area (TPSA) is 12.0 Å². The fourth-order valence-corrected chi connectivity index (χ4v) is 2.36. The van der Waals surface area contributed by atoms with Gasteiger partial charge in [0.2, 0.25) is 0 Å². The van der Waals surface area contributed by atoms with E-state index in [9.17, 15) is 0 Å². The van der Waals surface area contributed by atoms with E-state index in [1.807, 2.05) is 0 Å². The molecule has 0 spiro atoms. The minimum absolute atomic E-state index is 0.663. The highest BCUT2D eigenvalue weighted by Gasteiger charge is 2.55. The SMILES string of the molecule is CCCCC12CC1CCN2. The molecular weight excluding hydrogens is 122 g/mol. The average molecular weight is 139 g/mol. The molecule has 2 rings (SSSR count). The Kier molecular flexibility index (Phi) is 1.48. The second kappa shape index (κ2) is 2.23. The molecule has 0 aromatic heterocycles. The van der Waals surface area contributed by atoms with E-state index in [2.05, 4.69) is 12.2 Å². The highest BCUT2D eigenvalue weighted by atomic mass is 15.1. The molecular formula is C9H17N. The molecule has 1 heteroatoms. The molecule has 0 amide bonds. The Labute approximate surface area is 63.2 Å². The van der Waals surface area contributed by atoms with E-state index in [0.29, 0.717) is 5.54 Å². The van der Waals surface area contributed by atoms with Crippen LogP contribution in [0, 0.1) is 5.92 Å². The summed E-state index contributed by atoms with van der Waals surface area (Å²) in [6, 6.07) is 0. The van der Waals surface area contributed by atoms with Gasteiger partial charge >= 0.3 is 0 Å². The van der Waals surface area contributed by atoms with Gasteiger partial charge in [0.05, 0.1) is 0 Å². The lowest BCUT2D eigenvalue weighted by molar-refractivity contribution is 0.484. The molecule has 0 aromatic carbocycles. The fourth-order valence-electron chi connectivity index (χ4n) is 2.36. The first-order valence-electron chi connectivity index (χ1n) is 4.62. The molecule has 1 nitrogen and oxygen atoms in total. The lowest BCUT2D eigenvalue weighted by atomic mass is 10.1. The maximum absolute atomic E-state index is 3.64. The predicted molar refractivity (Wildman–Crippen MR) is 43.0 cm³/mol. The summed E-state index contributed by atoms with van der Waals surface area (Å²) in [5, 5.41) is 3.64. The molecule has 1 saturated heterocycles. The molecule has 1 saturated carbocycles. The van der Waals surface area contributed by atoms with Gasteiger partial charge in [-0.15, -0.1) is 0 Å². The zero-order valence-corrected chi connectivity index (χ0v) is 6.82. The van der Waals surface area contributed by atoms with Gasteiger partial charge in [-0.1, -0.05) is 19.8 Å². The summed E-state index contributed by atoms with van der Waals surface area (Å²) in [5.41, 5.74) is 0.663. The molecule has 0 bridgehead atoms. The summed E-state index contributed by atoms with van der Waals surface area (Å²) in [6.07, 6.45) is 7.14. The van der Waals surface area contributed by atoms with Crippen molar-refractivity contribution in [1.29, 1.82) is 0 Å². The average Bonchev–Trinajstić information content (AvgIpc) is 2.51. The third-order valence-corrected chi connectivity index (χ3v) is 3.18. The number of unbranched alkanes of at least 4 members (excludes halogenated alkanes) is 1. The zero-order chi connectivity index (χ0) is 7.03. The monoisotopic (exact) mass is 139 g/mol. The fraction of sp³-hybridized carbons (Fsp3) is 1.00. The first kappa shape index (κ1) is 6.66. The number of piperidine rings is 1. The van der Waals surface area contributed by atoms with Gasteiger partial charge in [-0.2, -0.15) is 0 Å². The first-order chi connectivity index (χ1) is 4.87. The third kappa shape index (κ3) is 0.878. The Morgan fingerprint density at radius 1 is 1.60 bits per heavy atom. The normalized spacial score (nSPS) is 43.5. The van der Waals surface area contributed by atoms with Crippen LogP contribution in [0.1, 0.15) is 39.0 Å². The number of nitrogens with one attached hydrogen (secondary N) is 1. The van der Waals surface area contributed by atoms with Gasteiger partial charge in [-0.05, 0) is 31.7 Å². The largest absolute Gasteiger partial charge is 0.311 e. The Hall–Kier alpha value is -0.0400. The van der Waals surface area contributed by atoms with E-state index < -0.39 is 0 Å². The Balaban J connectivity index is 1.82. The summed E-state index contributed by atoms with van der Waals surface area (Å²) in [4.78, 5) is 0. The van der Waals surface area contributed by atoms with Crippen LogP contribution in [-0.4, -0.2) is 12.1 Å². The molecule has 1 aliphatic carbocycles. The summed E-state index contributed by atoms with van der Waals surface area (Å²) in [6.45, 7) is 3.57. The second-order valence-electron chi connectivity index (χ2n) is 3.88. The zero-order valence-electron chi connectivity index (χ0n) is 6.82. The van der Waals surface area contributed by atoms with Crippen molar-refractivity contribution in [3.05, 3.63) is 0 Å². The van der Waals surface area contributed by atoms with Crippen LogP contribution in [0.3, 0.4) is 0 Å². The molecule has 58 valence electrons. The summed E-state index contributed by atoms with van der Waals surface area (Å²) in [7, 11) is 0. The van der Waals surface area contributed by atoms with Crippen LogP contribution < -0.4 is 5.32 Å². The van der Waals surface area contributed by atoms with E-state index in [4.69, 9.17) is 0 Å². The summed E-state index contributed by atoms with van der Waals surface area (Å²) < 4.78 is 0. The van der Waals surface area contributed by atoms with Crippen molar-refractivity contribution in [1.82, 2.24) is 5.32 Å². The minimum Gasteiger partial charge on any atom is -0.311 e. The number of fused-ring (bicyclic) bond motifs is 1. The minimum atomic E-state index is 0.663. The van der Waals surface area contributed by atoms with Crippen LogP contribution in [0.4, 0.5) is 0 Å². The van der Waals surface area contributed by atoms with Crippen LogP contribution in [0.15, 0.2) is 0 Å². The number of rotatable bonds is 3. The summed E-state index contributed by atoms with van der Waals surface area (Å²) >= 11 is 0. The van der Waals surface area contributed by atoms with Crippen molar-refractivity contribution < 1.29 is 0 Å². The van der Waals surface area contributed by atoms with Crippen molar-refractivity contribution in [2.24, 2.45) is 5.92 Å². The molecule has 1 aliphatic heterocycles. The molecule has 2 aliphatic rings. The van der Waals surface area contributed by atoms with Crippen LogP contribution in [0.2, 0.25) is 0 Å². The first-order valence-corrected chi connectivity index (χ1v) is 4.62. The van der Waals surface area contributed by atoms with Crippen LogP contribution >= 0.6 is 0 Å². The second-order valence-corrected chi connectivity index (χ2v) is 3.88. The van der Waals surface area contributed by atoms with Gasteiger partial charge in [-0.25, -0.2) is 0 Å². The highest BCUT2D eigenvalue weighted by molar-refractivity contribution is 5.13. The van der Waals surface area contributed by atoms with E-state index in [1.54, 1.807) is 0 Å². The molecule has 0 radical (unpaired) electrons. The maximum atomic E-state index is 3.64. The lowest BCUT2D eigenvalue weighted by Crippen LogP contribution is -2.27. The molecule has 2 atom stereocenters. The van der Waals surface area contributed by atoms with Gasteiger partial charge in [0.25, 0.3) is 0 Å². The molecule has 0 aromatic rings. The van der Waals surface area contributed by atoms with Crippen molar-refractivity contribution >= 4 is 0 Å². The van der Waals surface area contributed by atoms with E-state index in [-0.39, 0.29) is 0 Å². The van der Waals surface area contributed by atoms with Gasteiger partial charge in [0.1, 0.15) is 0 Å². The molecule has 2 unspecified atom stereocenters. The number of hydrogen-bond donors (Lipinski definition) is 1. The Morgan fingerprint density at radius 3 is 3.00 bits per heavy atom. The van der Waals surface area contributed by atoms with Crippen LogP contribution in [0.5, 0.6) is 0 Å². The number of hydrogen-bond acceptors (Lipinski definition) is 1. The Bertz CT molecular complexity index is 133. The van der Waals surface area contributed by atoms with Crippen molar-refractivity contribution in [2.45, 2.75) is 44.6 Å². The smallest absolute Gasteiger partial charge is 0.0214 e. The lowest BCUT2D eigenvalue weighted by Gasteiger charge is -2.11. The van der Waals surface area contributed by atoms with Gasteiger partial charge in [0.15, 0.2) is 0 Å². The van der Waals surface area contributed by atoms with Crippen molar-refractivity contribution in [3.8, 4) is 0 Å². The maximum Gasteiger partial charge on any atom is 0.0214 e. The molecule has 1 N–H and O–H groups in total. The Morgan fingerprint density at radius 2 is 2.50 bits per heavy atom. The van der Waals surface area contributed by atoms with Crippen LogP contribution in [-0.2, 0) is 0 Å². The van der Waals surface area contributed by atoms with E-state index in [1.165, 1.54) is 38.6 Å². The van der Waals surface area contributed by atoms with Gasteiger partial charge in [-0.3, -0.25) is 0 Å². The third-order valence-electron chi connectivity index (χ3n) is 3.18.